The highest BCUT2D eigenvalue weighted by molar-refractivity contribution is 6.30. The van der Waals surface area contributed by atoms with Crippen molar-refractivity contribution in [2.45, 2.75) is 33.8 Å². The van der Waals surface area contributed by atoms with Crippen molar-refractivity contribution in [2.75, 3.05) is 11.9 Å². The predicted octanol–water partition coefficient (Wildman–Crippen LogP) is 3.04. The molecule has 27 heavy (non-hydrogen) atoms. The normalized spacial score (nSPS) is 11.6. The zero-order chi connectivity index (χ0) is 20.1. The number of hydrogen-bond donors (Lipinski definition) is 2. The summed E-state index contributed by atoms with van der Waals surface area (Å²) in [5.41, 5.74) is 1.27. The number of aromatic amines is 1. The third-order valence-electron chi connectivity index (χ3n) is 3.75. The van der Waals surface area contributed by atoms with E-state index < -0.39 is 23.9 Å². The van der Waals surface area contributed by atoms with Gasteiger partial charge >= 0.3 is 11.9 Å². The molecule has 9 heteroatoms. The number of nitrogens with zero attached hydrogens (tertiary/aromatic N) is 1. The lowest BCUT2D eigenvalue weighted by molar-refractivity contribution is -0.123. The summed E-state index contributed by atoms with van der Waals surface area (Å²) < 4.78 is 10.2. The Hall–Kier alpha value is -2.87. The largest absolute Gasteiger partial charge is 0.462 e. The van der Waals surface area contributed by atoms with E-state index in [0.717, 1.165) is 0 Å². The maximum Gasteiger partial charge on any atom is 0.355 e. The van der Waals surface area contributed by atoms with E-state index >= 15 is 0 Å². The zero-order valence-corrected chi connectivity index (χ0v) is 16.1. The number of amides is 1. The molecule has 1 atom stereocenters. The predicted molar refractivity (Wildman–Crippen MR) is 99.0 cm³/mol. The van der Waals surface area contributed by atoms with Crippen LogP contribution in [-0.2, 0) is 14.3 Å². The Bertz CT molecular complexity index is 861. The minimum atomic E-state index is -1.08. The summed E-state index contributed by atoms with van der Waals surface area (Å²) in [5.74, 6) is -1.55. The third-order valence-corrected chi connectivity index (χ3v) is 3.98. The van der Waals surface area contributed by atoms with E-state index in [-0.39, 0.29) is 23.7 Å². The first-order chi connectivity index (χ1) is 12.7. The molecule has 0 aliphatic rings. The van der Waals surface area contributed by atoms with Gasteiger partial charge in [-0.3, -0.25) is 4.79 Å². The Kier molecular flexibility index (Phi) is 6.57. The number of rotatable bonds is 6. The van der Waals surface area contributed by atoms with Crippen LogP contribution >= 0.6 is 11.6 Å². The topological polar surface area (TPSA) is 110 Å². The highest BCUT2D eigenvalue weighted by Gasteiger charge is 2.26. The lowest BCUT2D eigenvalue weighted by Crippen LogP contribution is -2.30. The molecule has 0 aromatic carbocycles. The van der Waals surface area contributed by atoms with Crippen molar-refractivity contribution in [3.63, 3.8) is 0 Å². The third kappa shape index (κ3) is 4.85. The molecule has 0 unspecified atom stereocenters. The number of anilines is 1. The van der Waals surface area contributed by atoms with Gasteiger partial charge < -0.3 is 19.8 Å². The van der Waals surface area contributed by atoms with Gasteiger partial charge in [-0.2, -0.15) is 0 Å². The molecule has 1 amide bonds. The van der Waals surface area contributed by atoms with Gasteiger partial charge in [-0.15, -0.1) is 0 Å². The van der Waals surface area contributed by atoms with E-state index in [9.17, 15) is 14.4 Å². The van der Waals surface area contributed by atoms with Gasteiger partial charge in [0.2, 0.25) is 0 Å². The molecule has 2 aromatic rings. The summed E-state index contributed by atoms with van der Waals surface area (Å²) in [6.07, 6.45) is 0.305. The second-order valence-electron chi connectivity index (χ2n) is 5.74. The number of esters is 2. The van der Waals surface area contributed by atoms with Crippen molar-refractivity contribution in [1.29, 1.82) is 0 Å². The molecule has 0 saturated carbocycles. The van der Waals surface area contributed by atoms with E-state index in [2.05, 4.69) is 15.3 Å². The summed E-state index contributed by atoms with van der Waals surface area (Å²) in [6.45, 7) is 6.60. The van der Waals surface area contributed by atoms with E-state index in [1.807, 2.05) is 0 Å². The number of pyridine rings is 1. The first kappa shape index (κ1) is 20.4. The van der Waals surface area contributed by atoms with E-state index in [1.165, 1.54) is 19.2 Å². The first-order valence-electron chi connectivity index (χ1n) is 8.24. The molecule has 0 saturated heterocycles. The number of halogens is 1. The van der Waals surface area contributed by atoms with Crippen LogP contribution in [0.1, 0.15) is 46.0 Å². The molecular formula is C18H20ClN3O5. The van der Waals surface area contributed by atoms with Crippen LogP contribution in [0.25, 0.3) is 0 Å². The molecule has 0 radical (unpaired) electrons. The monoisotopic (exact) mass is 393 g/mol. The fourth-order valence-electron chi connectivity index (χ4n) is 2.41. The fourth-order valence-corrected chi connectivity index (χ4v) is 2.53. The van der Waals surface area contributed by atoms with Crippen LogP contribution in [0.3, 0.4) is 0 Å². The molecule has 2 heterocycles. The Labute approximate surface area is 161 Å². The summed E-state index contributed by atoms with van der Waals surface area (Å²) in [5, 5.41) is 2.95. The SMILES string of the molecule is CCOC(=O)c1c(C)[nH]c(C(=O)O[C@@H](C)C(=O)Nc2ccc(Cl)cn2)c1C. The Morgan fingerprint density at radius 3 is 2.56 bits per heavy atom. The average Bonchev–Trinajstić information content (AvgIpc) is 2.91. The summed E-state index contributed by atoms with van der Waals surface area (Å²) in [4.78, 5) is 43.3. The highest BCUT2D eigenvalue weighted by Crippen LogP contribution is 2.20. The van der Waals surface area contributed by atoms with Crippen molar-refractivity contribution >= 4 is 35.3 Å². The summed E-state index contributed by atoms with van der Waals surface area (Å²) in [6, 6.07) is 3.10. The number of carbonyl (C=O) groups excluding carboxylic acids is 3. The minimum absolute atomic E-state index is 0.0971. The molecule has 2 N–H and O–H groups in total. The zero-order valence-electron chi connectivity index (χ0n) is 15.4. The molecule has 144 valence electrons. The molecule has 0 aliphatic heterocycles. The van der Waals surface area contributed by atoms with Crippen molar-refractivity contribution in [3.8, 4) is 0 Å². The molecule has 2 aromatic heterocycles. The van der Waals surface area contributed by atoms with Crippen LogP contribution in [0.2, 0.25) is 5.02 Å². The number of H-pyrrole nitrogens is 1. The van der Waals surface area contributed by atoms with Crippen LogP contribution in [0.15, 0.2) is 18.3 Å². The minimum Gasteiger partial charge on any atom is -0.462 e. The van der Waals surface area contributed by atoms with Gasteiger partial charge in [0.05, 0.1) is 17.2 Å². The van der Waals surface area contributed by atoms with E-state index in [0.29, 0.717) is 16.3 Å². The molecule has 0 fully saturated rings. The Balaban J connectivity index is 2.07. The lowest BCUT2D eigenvalue weighted by atomic mass is 10.1. The molecule has 8 nitrogen and oxygen atoms in total. The van der Waals surface area contributed by atoms with Crippen molar-refractivity contribution in [2.24, 2.45) is 0 Å². The Morgan fingerprint density at radius 1 is 1.26 bits per heavy atom. The summed E-state index contributed by atoms with van der Waals surface area (Å²) in [7, 11) is 0. The van der Waals surface area contributed by atoms with Crippen LogP contribution in [0.4, 0.5) is 5.82 Å². The van der Waals surface area contributed by atoms with Crippen LogP contribution in [0, 0.1) is 13.8 Å². The number of aryl methyl sites for hydroxylation is 1. The van der Waals surface area contributed by atoms with Gasteiger partial charge in [-0.1, -0.05) is 11.6 Å². The second kappa shape index (κ2) is 8.68. The van der Waals surface area contributed by atoms with Crippen LogP contribution < -0.4 is 5.32 Å². The van der Waals surface area contributed by atoms with Gasteiger partial charge in [0.1, 0.15) is 11.5 Å². The smallest absolute Gasteiger partial charge is 0.355 e. The molecule has 0 bridgehead atoms. The molecule has 0 spiro atoms. The van der Waals surface area contributed by atoms with Crippen molar-refractivity contribution < 1.29 is 23.9 Å². The number of aromatic nitrogens is 2. The van der Waals surface area contributed by atoms with E-state index in [1.54, 1.807) is 26.8 Å². The number of nitrogens with one attached hydrogen (secondary N) is 2. The van der Waals surface area contributed by atoms with Gasteiger partial charge in [0.15, 0.2) is 6.10 Å². The van der Waals surface area contributed by atoms with Crippen molar-refractivity contribution in [1.82, 2.24) is 9.97 Å². The number of ether oxygens (including phenoxy) is 2. The molecular weight excluding hydrogens is 374 g/mol. The van der Waals surface area contributed by atoms with Crippen molar-refractivity contribution in [3.05, 3.63) is 45.9 Å². The maximum atomic E-state index is 12.4. The first-order valence-corrected chi connectivity index (χ1v) is 8.62. The van der Waals surface area contributed by atoms with Crippen LogP contribution in [-0.4, -0.2) is 40.5 Å². The standard InChI is InChI=1S/C18H20ClN3O5/c1-5-26-17(24)14-9(2)15(21-10(14)3)18(25)27-11(4)16(23)22-13-7-6-12(19)8-20-13/h6-8,11,21H,5H2,1-4H3,(H,20,22,23)/t11-/m0/s1. The van der Waals surface area contributed by atoms with E-state index in [4.69, 9.17) is 21.1 Å². The lowest BCUT2D eigenvalue weighted by Gasteiger charge is -2.13. The van der Waals surface area contributed by atoms with Gasteiger partial charge in [-0.25, -0.2) is 14.6 Å². The summed E-state index contributed by atoms with van der Waals surface area (Å²) >= 11 is 5.74. The second-order valence-corrected chi connectivity index (χ2v) is 6.18. The highest BCUT2D eigenvalue weighted by atomic mass is 35.5. The van der Waals surface area contributed by atoms with Gasteiger partial charge in [-0.05, 0) is 45.4 Å². The maximum absolute atomic E-state index is 12.4. The number of carbonyl (C=O) groups is 3. The number of hydrogen-bond acceptors (Lipinski definition) is 6. The fraction of sp³-hybridized carbons (Fsp3) is 0.333. The van der Waals surface area contributed by atoms with Gasteiger partial charge in [0, 0.05) is 11.9 Å². The van der Waals surface area contributed by atoms with Gasteiger partial charge in [0.25, 0.3) is 5.91 Å². The Morgan fingerprint density at radius 2 is 1.96 bits per heavy atom. The molecule has 2 rings (SSSR count). The van der Waals surface area contributed by atoms with Crippen LogP contribution in [0.5, 0.6) is 0 Å². The quantitative estimate of drug-likeness (QED) is 0.730. The average molecular weight is 394 g/mol. The molecule has 0 aliphatic carbocycles.